The van der Waals surface area contributed by atoms with Crippen LogP contribution in [0, 0.1) is 0 Å². The zero-order chi connectivity index (χ0) is 11.4. The molecule has 0 radical (unpaired) electrons. The van der Waals surface area contributed by atoms with E-state index in [1.807, 2.05) is 10.8 Å². The molecule has 1 aromatic rings. The molecular weight excluding hydrogens is 204 g/mol. The Bertz CT molecular complexity index is 354. The van der Waals surface area contributed by atoms with Crippen molar-refractivity contribution < 1.29 is 9.90 Å². The Labute approximate surface area is 95.5 Å². The molecule has 0 aliphatic carbocycles. The van der Waals surface area contributed by atoms with Gasteiger partial charge in [-0.05, 0) is 45.0 Å². The van der Waals surface area contributed by atoms with Crippen molar-refractivity contribution in [3.8, 4) is 0 Å². The van der Waals surface area contributed by atoms with E-state index >= 15 is 0 Å². The number of nitrogens with zero attached hydrogens (tertiary/aromatic N) is 2. The van der Waals surface area contributed by atoms with Gasteiger partial charge in [-0.15, -0.1) is 0 Å². The van der Waals surface area contributed by atoms with Gasteiger partial charge in [0.1, 0.15) is 0 Å². The Morgan fingerprint density at radius 3 is 2.69 bits per heavy atom. The number of carboxylic acids is 1. The van der Waals surface area contributed by atoms with Crippen molar-refractivity contribution in [2.75, 3.05) is 19.6 Å². The number of aryl methyl sites for hydroxylation is 1. The molecule has 1 fully saturated rings. The minimum absolute atomic E-state index is 0.376. The molecule has 1 N–H and O–H groups in total. The molecule has 0 bridgehead atoms. The summed E-state index contributed by atoms with van der Waals surface area (Å²) in [4.78, 5) is 13.1. The highest BCUT2D eigenvalue weighted by atomic mass is 16.4. The van der Waals surface area contributed by atoms with Crippen molar-refractivity contribution in [1.82, 2.24) is 9.47 Å². The van der Waals surface area contributed by atoms with Gasteiger partial charge in [-0.1, -0.05) is 0 Å². The summed E-state index contributed by atoms with van der Waals surface area (Å²) in [6.45, 7) is 4.49. The molecule has 2 rings (SSSR count). The van der Waals surface area contributed by atoms with Crippen LogP contribution in [0.3, 0.4) is 0 Å². The van der Waals surface area contributed by atoms with Crippen molar-refractivity contribution in [2.24, 2.45) is 0 Å². The van der Waals surface area contributed by atoms with Gasteiger partial charge in [-0.25, -0.2) is 4.79 Å². The average molecular weight is 222 g/mol. The highest BCUT2D eigenvalue weighted by molar-refractivity contribution is 5.87. The van der Waals surface area contributed by atoms with Gasteiger partial charge < -0.3 is 14.6 Å². The molecule has 88 valence electrons. The van der Waals surface area contributed by atoms with Crippen molar-refractivity contribution in [3.05, 3.63) is 24.0 Å². The summed E-state index contributed by atoms with van der Waals surface area (Å²) in [5.74, 6) is -0.849. The van der Waals surface area contributed by atoms with Crippen molar-refractivity contribution in [1.29, 1.82) is 0 Å². The third-order valence-corrected chi connectivity index (χ3v) is 3.09. The van der Waals surface area contributed by atoms with Crippen LogP contribution in [0.4, 0.5) is 0 Å². The number of rotatable bonds is 5. The Hall–Kier alpha value is -1.29. The van der Waals surface area contributed by atoms with E-state index in [0.29, 0.717) is 5.56 Å². The number of carbonyl (C=O) groups is 1. The Kier molecular flexibility index (Phi) is 3.62. The molecule has 16 heavy (non-hydrogen) atoms. The van der Waals surface area contributed by atoms with Crippen LogP contribution in [0.1, 0.15) is 29.6 Å². The van der Waals surface area contributed by atoms with Gasteiger partial charge in [0.15, 0.2) is 0 Å². The van der Waals surface area contributed by atoms with Crippen LogP contribution in [-0.2, 0) is 6.54 Å². The predicted molar refractivity (Wildman–Crippen MR) is 61.7 cm³/mol. The van der Waals surface area contributed by atoms with Gasteiger partial charge in [0.05, 0.1) is 5.56 Å². The maximum atomic E-state index is 10.7. The van der Waals surface area contributed by atoms with Crippen LogP contribution in [-0.4, -0.2) is 40.2 Å². The van der Waals surface area contributed by atoms with E-state index in [9.17, 15) is 4.79 Å². The van der Waals surface area contributed by atoms with E-state index in [4.69, 9.17) is 5.11 Å². The lowest BCUT2D eigenvalue weighted by Crippen LogP contribution is -2.21. The summed E-state index contributed by atoms with van der Waals surface area (Å²) in [5, 5.41) is 8.77. The molecule has 0 spiro atoms. The van der Waals surface area contributed by atoms with Crippen LogP contribution < -0.4 is 0 Å². The van der Waals surface area contributed by atoms with Crippen molar-refractivity contribution >= 4 is 5.97 Å². The van der Waals surface area contributed by atoms with Crippen LogP contribution in [0.2, 0.25) is 0 Å². The second-order valence-corrected chi connectivity index (χ2v) is 4.35. The molecule has 0 unspecified atom stereocenters. The van der Waals surface area contributed by atoms with E-state index in [1.165, 1.54) is 25.9 Å². The third kappa shape index (κ3) is 2.85. The summed E-state index contributed by atoms with van der Waals surface area (Å²) in [6, 6.07) is 1.65. The minimum Gasteiger partial charge on any atom is -0.478 e. The summed E-state index contributed by atoms with van der Waals surface area (Å²) in [6.07, 6.45) is 7.28. The standard InChI is InChI=1S/C12H18N2O2/c15-12(16)11-4-9-14(10-11)8-3-7-13-5-1-2-6-13/h4,9-10H,1-3,5-8H2,(H,15,16). The molecule has 2 heterocycles. The highest BCUT2D eigenvalue weighted by Crippen LogP contribution is 2.08. The topological polar surface area (TPSA) is 45.5 Å². The first-order valence-corrected chi connectivity index (χ1v) is 5.87. The lowest BCUT2D eigenvalue weighted by Gasteiger charge is -2.14. The first-order valence-electron chi connectivity index (χ1n) is 5.87. The lowest BCUT2D eigenvalue weighted by molar-refractivity contribution is 0.0697. The van der Waals surface area contributed by atoms with Crippen molar-refractivity contribution in [2.45, 2.75) is 25.8 Å². The zero-order valence-electron chi connectivity index (χ0n) is 9.43. The lowest BCUT2D eigenvalue weighted by atomic mass is 10.3. The van der Waals surface area contributed by atoms with E-state index in [0.717, 1.165) is 19.5 Å². The first kappa shape index (κ1) is 11.2. The molecule has 0 saturated carbocycles. The molecule has 0 amide bonds. The smallest absolute Gasteiger partial charge is 0.337 e. The molecule has 1 aliphatic rings. The first-order chi connectivity index (χ1) is 7.75. The van der Waals surface area contributed by atoms with Gasteiger partial charge in [0.2, 0.25) is 0 Å². The Morgan fingerprint density at radius 2 is 2.06 bits per heavy atom. The molecule has 0 aromatic carbocycles. The molecule has 0 atom stereocenters. The maximum Gasteiger partial charge on any atom is 0.337 e. The number of hydrogen-bond donors (Lipinski definition) is 1. The number of aromatic nitrogens is 1. The fraction of sp³-hybridized carbons (Fsp3) is 0.583. The molecule has 4 heteroatoms. The minimum atomic E-state index is -0.849. The highest BCUT2D eigenvalue weighted by Gasteiger charge is 2.10. The molecular formula is C12H18N2O2. The Balaban J connectivity index is 1.74. The molecule has 4 nitrogen and oxygen atoms in total. The van der Waals surface area contributed by atoms with E-state index in [2.05, 4.69) is 4.90 Å². The van der Waals surface area contributed by atoms with Gasteiger partial charge in [-0.3, -0.25) is 0 Å². The number of hydrogen-bond acceptors (Lipinski definition) is 2. The average Bonchev–Trinajstić information content (AvgIpc) is 2.87. The monoisotopic (exact) mass is 222 g/mol. The van der Waals surface area contributed by atoms with Crippen LogP contribution in [0.5, 0.6) is 0 Å². The maximum absolute atomic E-state index is 10.7. The fourth-order valence-corrected chi connectivity index (χ4v) is 2.19. The fourth-order valence-electron chi connectivity index (χ4n) is 2.19. The SMILES string of the molecule is O=C(O)c1ccn(CCCN2CCCC2)c1. The quantitative estimate of drug-likeness (QED) is 0.824. The molecule has 1 aliphatic heterocycles. The number of carboxylic acid groups (broad SMARTS) is 1. The van der Waals surface area contributed by atoms with E-state index in [-0.39, 0.29) is 0 Å². The summed E-state index contributed by atoms with van der Waals surface area (Å²) in [7, 11) is 0. The molecule has 1 aromatic heterocycles. The van der Waals surface area contributed by atoms with E-state index < -0.39 is 5.97 Å². The van der Waals surface area contributed by atoms with Gasteiger partial charge in [0.25, 0.3) is 0 Å². The largest absolute Gasteiger partial charge is 0.478 e. The predicted octanol–water partition coefficient (Wildman–Crippen LogP) is 1.67. The normalized spacial score (nSPS) is 16.8. The van der Waals surface area contributed by atoms with Gasteiger partial charge >= 0.3 is 5.97 Å². The molecule has 1 saturated heterocycles. The summed E-state index contributed by atoms with van der Waals surface area (Å²) in [5.41, 5.74) is 0.376. The zero-order valence-corrected chi connectivity index (χ0v) is 9.43. The number of likely N-dealkylation sites (tertiary alicyclic amines) is 1. The van der Waals surface area contributed by atoms with Gasteiger partial charge in [0, 0.05) is 18.9 Å². The summed E-state index contributed by atoms with van der Waals surface area (Å²) >= 11 is 0. The van der Waals surface area contributed by atoms with Crippen molar-refractivity contribution in [3.63, 3.8) is 0 Å². The Morgan fingerprint density at radius 1 is 1.31 bits per heavy atom. The van der Waals surface area contributed by atoms with Gasteiger partial charge in [-0.2, -0.15) is 0 Å². The third-order valence-electron chi connectivity index (χ3n) is 3.09. The van der Waals surface area contributed by atoms with Crippen LogP contribution in [0.15, 0.2) is 18.5 Å². The summed E-state index contributed by atoms with van der Waals surface area (Å²) < 4.78 is 1.96. The second-order valence-electron chi connectivity index (χ2n) is 4.35. The second kappa shape index (κ2) is 5.16. The van der Waals surface area contributed by atoms with E-state index in [1.54, 1.807) is 12.3 Å². The number of aromatic carboxylic acids is 1. The van der Waals surface area contributed by atoms with Crippen LogP contribution >= 0.6 is 0 Å². The van der Waals surface area contributed by atoms with Crippen LogP contribution in [0.25, 0.3) is 0 Å².